The molecule has 2 aromatic rings. The smallest absolute Gasteiger partial charge is 0.107 e. The quantitative estimate of drug-likeness (QED) is 0.929. The molecule has 0 aromatic carbocycles. The van der Waals surface area contributed by atoms with Crippen LogP contribution in [0.3, 0.4) is 0 Å². The van der Waals surface area contributed by atoms with Gasteiger partial charge in [0.1, 0.15) is 4.34 Å². The van der Waals surface area contributed by atoms with Crippen molar-refractivity contribution in [2.24, 2.45) is 0 Å². The number of thiophene rings is 1. The number of aromatic nitrogens is 1. The van der Waals surface area contributed by atoms with Crippen LogP contribution in [-0.4, -0.2) is 10.1 Å². The van der Waals surface area contributed by atoms with E-state index in [0.29, 0.717) is 10.8 Å². The normalized spacial score (nSPS) is 13.0. The maximum absolute atomic E-state index is 9.94. The fourth-order valence-electron chi connectivity index (χ4n) is 1.16. The van der Waals surface area contributed by atoms with Crippen molar-refractivity contribution in [3.05, 3.63) is 36.3 Å². The highest BCUT2D eigenvalue weighted by Crippen LogP contribution is 2.36. The lowest BCUT2D eigenvalue weighted by Crippen LogP contribution is -1.97. The molecule has 6 heteroatoms. The van der Waals surface area contributed by atoms with Crippen LogP contribution in [0.1, 0.15) is 15.9 Å². The minimum Gasteiger partial charge on any atom is -0.387 e. The summed E-state index contributed by atoms with van der Waals surface area (Å²) in [7, 11) is 0. The minimum atomic E-state index is -0.501. The van der Waals surface area contributed by atoms with Gasteiger partial charge in [-0.15, -0.1) is 22.7 Å². The third kappa shape index (κ3) is 2.79. The molecule has 0 saturated carbocycles. The largest absolute Gasteiger partial charge is 0.387 e. The van der Waals surface area contributed by atoms with Crippen LogP contribution in [0.4, 0.5) is 0 Å². The van der Waals surface area contributed by atoms with Gasteiger partial charge in [0, 0.05) is 26.8 Å². The standard InChI is InChI=1S/C9H7BrClNOS2/c10-6-2-8(15-9(6)11)7(13)1-5-3-12-4-14-5/h2-4,7,13H,1H2. The van der Waals surface area contributed by atoms with Crippen LogP contribution in [0, 0.1) is 0 Å². The van der Waals surface area contributed by atoms with Gasteiger partial charge in [0.25, 0.3) is 0 Å². The van der Waals surface area contributed by atoms with Crippen LogP contribution < -0.4 is 0 Å². The molecule has 0 aliphatic carbocycles. The molecule has 0 aliphatic heterocycles. The molecule has 2 aromatic heterocycles. The van der Waals surface area contributed by atoms with Crippen molar-refractivity contribution in [3.8, 4) is 0 Å². The van der Waals surface area contributed by atoms with E-state index in [2.05, 4.69) is 20.9 Å². The summed E-state index contributed by atoms with van der Waals surface area (Å²) in [5, 5.41) is 9.94. The van der Waals surface area contributed by atoms with Crippen LogP contribution in [0.5, 0.6) is 0 Å². The molecule has 2 rings (SSSR count). The number of hydrogen-bond acceptors (Lipinski definition) is 4. The van der Waals surface area contributed by atoms with E-state index in [1.54, 1.807) is 23.0 Å². The molecule has 0 aliphatic rings. The number of hydrogen-bond donors (Lipinski definition) is 1. The Morgan fingerprint density at radius 1 is 1.60 bits per heavy atom. The molecule has 0 fully saturated rings. The van der Waals surface area contributed by atoms with Gasteiger partial charge in [-0.25, -0.2) is 0 Å². The summed E-state index contributed by atoms with van der Waals surface area (Å²) in [5.74, 6) is 0. The minimum absolute atomic E-state index is 0.501. The fourth-order valence-corrected chi connectivity index (χ4v) is 3.52. The highest BCUT2D eigenvalue weighted by molar-refractivity contribution is 9.10. The molecule has 1 atom stereocenters. The number of nitrogens with zero attached hydrogens (tertiary/aromatic N) is 1. The van der Waals surface area contributed by atoms with Crippen molar-refractivity contribution in [1.29, 1.82) is 0 Å². The zero-order valence-electron chi connectivity index (χ0n) is 7.48. The second-order valence-corrected chi connectivity index (χ2v) is 6.47. The number of thiazole rings is 1. The Bertz CT molecular complexity index is 423. The van der Waals surface area contributed by atoms with Gasteiger partial charge in [-0.3, -0.25) is 4.98 Å². The number of halogens is 2. The summed E-state index contributed by atoms with van der Waals surface area (Å²) >= 11 is 12.2. The molecular weight excluding hydrogens is 318 g/mol. The Morgan fingerprint density at radius 2 is 2.40 bits per heavy atom. The van der Waals surface area contributed by atoms with Crippen molar-refractivity contribution in [2.75, 3.05) is 0 Å². The summed E-state index contributed by atoms with van der Waals surface area (Å²) in [5.41, 5.74) is 1.76. The van der Waals surface area contributed by atoms with Gasteiger partial charge >= 0.3 is 0 Å². The Kier molecular flexibility index (Phi) is 3.79. The first-order valence-electron chi connectivity index (χ1n) is 4.17. The second-order valence-electron chi connectivity index (χ2n) is 2.96. The molecule has 1 N–H and O–H groups in total. The zero-order valence-corrected chi connectivity index (χ0v) is 11.5. The van der Waals surface area contributed by atoms with Crippen molar-refractivity contribution >= 4 is 50.2 Å². The lowest BCUT2D eigenvalue weighted by atomic mass is 10.2. The monoisotopic (exact) mass is 323 g/mol. The fraction of sp³-hybridized carbons (Fsp3) is 0.222. The van der Waals surface area contributed by atoms with Gasteiger partial charge in [-0.05, 0) is 22.0 Å². The highest BCUT2D eigenvalue weighted by Gasteiger charge is 2.14. The lowest BCUT2D eigenvalue weighted by molar-refractivity contribution is 0.183. The zero-order chi connectivity index (χ0) is 10.8. The maximum Gasteiger partial charge on any atom is 0.107 e. The first kappa shape index (κ1) is 11.5. The van der Waals surface area contributed by atoms with E-state index < -0.39 is 6.10 Å². The average molecular weight is 325 g/mol. The summed E-state index contributed by atoms with van der Waals surface area (Å²) < 4.78 is 1.51. The SMILES string of the molecule is OC(Cc1cncs1)c1cc(Br)c(Cl)s1. The first-order valence-corrected chi connectivity index (χ1v) is 7.03. The molecule has 2 heterocycles. The van der Waals surface area contributed by atoms with Gasteiger partial charge in [-0.2, -0.15) is 0 Å². The van der Waals surface area contributed by atoms with E-state index in [1.807, 2.05) is 6.07 Å². The van der Waals surface area contributed by atoms with E-state index in [1.165, 1.54) is 11.3 Å². The van der Waals surface area contributed by atoms with Crippen molar-refractivity contribution in [3.63, 3.8) is 0 Å². The Morgan fingerprint density at radius 3 is 2.93 bits per heavy atom. The van der Waals surface area contributed by atoms with Crippen LogP contribution in [0.2, 0.25) is 4.34 Å². The van der Waals surface area contributed by atoms with Crippen LogP contribution in [-0.2, 0) is 6.42 Å². The topological polar surface area (TPSA) is 33.1 Å². The molecule has 15 heavy (non-hydrogen) atoms. The molecule has 2 nitrogen and oxygen atoms in total. The van der Waals surface area contributed by atoms with E-state index in [0.717, 1.165) is 14.2 Å². The number of aliphatic hydroxyl groups is 1. The van der Waals surface area contributed by atoms with Crippen LogP contribution in [0.15, 0.2) is 22.2 Å². The second kappa shape index (κ2) is 4.93. The molecule has 0 spiro atoms. The van der Waals surface area contributed by atoms with E-state index >= 15 is 0 Å². The van der Waals surface area contributed by atoms with Gasteiger partial charge in [-0.1, -0.05) is 11.6 Å². The summed E-state index contributed by atoms with van der Waals surface area (Å²) in [6.07, 6.45) is 1.87. The molecule has 0 saturated heterocycles. The predicted octanol–water partition coefficient (Wildman–Crippen LogP) is 3.90. The Labute approximate surface area is 109 Å². The van der Waals surface area contributed by atoms with E-state index in [9.17, 15) is 5.11 Å². The molecule has 0 radical (unpaired) electrons. The summed E-state index contributed by atoms with van der Waals surface area (Å²) in [6, 6.07) is 1.86. The van der Waals surface area contributed by atoms with Gasteiger partial charge in [0.15, 0.2) is 0 Å². The van der Waals surface area contributed by atoms with Crippen molar-refractivity contribution in [1.82, 2.24) is 4.98 Å². The first-order chi connectivity index (χ1) is 7.16. The molecule has 80 valence electrons. The number of rotatable bonds is 3. The molecule has 0 amide bonds. The third-order valence-electron chi connectivity index (χ3n) is 1.87. The van der Waals surface area contributed by atoms with Gasteiger partial charge in [0.05, 0.1) is 11.6 Å². The summed E-state index contributed by atoms with van der Waals surface area (Å²) in [4.78, 5) is 5.91. The van der Waals surface area contributed by atoms with E-state index in [-0.39, 0.29) is 0 Å². The van der Waals surface area contributed by atoms with Gasteiger partial charge in [0.2, 0.25) is 0 Å². The molecule has 1 unspecified atom stereocenters. The van der Waals surface area contributed by atoms with Crippen molar-refractivity contribution in [2.45, 2.75) is 12.5 Å². The Hall–Kier alpha value is 0.0600. The number of aliphatic hydroxyl groups excluding tert-OH is 1. The Balaban J connectivity index is 2.11. The highest BCUT2D eigenvalue weighted by atomic mass is 79.9. The lowest BCUT2D eigenvalue weighted by Gasteiger charge is -2.05. The third-order valence-corrected chi connectivity index (χ3v) is 5.25. The maximum atomic E-state index is 9.94. The van der Waals surface area contributed by atoms with Crippen LogP contribution in [0.25, 0.3) is 0 Å². The van der Waals surface area contributed by atoms with Crippen molar-refractivity contribution < 1.29 is 5.11 Å². The average Bonchev–Trinajstić information content (AvgIpc) is 2.78. The predicted molar refractivity (Wildman–Crippen MR) is 67.8 cm³/mol. The van der Waals surface area contributed by atoms with Gasteiger partial charge < -0.3 is 5.11 Å². The summed E-state index contributed by atoms with van der Waals surface area (Å²) in [6.45, 7) is 0. The van der Waals surface area contributed by atoms with Crippen LogP contribution >= 0.6 is 50.2 Å². The molecular formula is C9H7BrClNOS2. The van der Waals surface area contributed by atoms with E-state index in [4.69, 9.17) is 11.6 Å². The molecule has 0 bridgehead atoms.